The molecule has 2 atom stereocenters. The van der Waals surface area contributed by atoms with Crippen LogP contribution in [0.2, 0.25) is 5.28 Å². The first-order valence-corrected chi connectivity index (χ1v) is 5.78. The minimum absolute atomic E-state index is 0.0792. The predicted molar refractivity (Wildman–Crippen MR) is 63.8 cm³/mol. The highest BCUT2D eigenvalue weighted by atomic mass is 35.5. The molecule has 0 radical (unpaired) electrons. The number of hydrogen-bond acceptors (Lipinski definition) is 4. The summed E-state index contributed by atoms with van der Waals surface area (Å²) in [5.41, 5.74) is 0.780. The van der Waals surface area contributed by atoms with Gasteiger partial charge in [0.2, 0.25) is 5.28 Å². The van der Waals surface area contributed by atoms with Crippen LogP contribution in [0.3, 0.4) is 0 Å². The van der Waals surface area contributed by atoms with Gasteiger partial charge in [-0.15, -0.1) is 0 Å². The third kappa shape index (κ3) is 2.28. The van der Waals surface area contributed by atoms with Gasteiger partial charge in [-0.2, -0.15) is 0 Å². The first-order chi connectivity index (χ1) is 7.49. The van der Waals surface area contributed by atoms with Crippen molar-refractivity contribution < 1.29 is 4.74 Å². The van der Waals surface area contributed by atoms with E-state index in [1.807, 2.05) is 13.0 Å². The summed E-state index contributed by atoms with van der Waals surface area (Å²) < 4.78 is 5.56. The Morgan fingerprint density at radius 2 is 2.31 bits per heavy atom. The van der Waals surface area contributed by atoms with Gasteiger partial charge in [-0.25, -0.2) is 9.97 Å². The van der Waals surface area contributed by atoms with Crippen molar-refractivity contribution in [2.24, 2.45) is 0 Å². The molecule has 5 heteroatoms. The molecule has 1 aliphatic rings. The summed E-state index contributed by atoms with van der Waals surface area (Å²) in [7, 11) is 0. The summed E-state index contributed by atoms with van der Waals surface area (Å²) in [6.45, 7) is 6.88. The minimum atomic E-state index is -0.0792. The fourth-order valence-electron chi connectivity index (χ4n) is 1.89. The van der Waals surface area contributed by atoms with Crippen LogP contribution in [0.25, 0.3) is 0 Å². The number of hydrogen-bond donors (Lipinski definition) is 1. The zero-order chi connectivity index (χ0) is 11.8. The Bertz CT molecular complexity index is 379. The molecule has 0 bridgehead atoms. The number of halogens is 1. The van der Waals surface area contributed by atoms with Gasteiger partial charge in [0.25, 0.3) is 0 Å². The maximum absolute atomic E-state index is 5.82. The molecule has 1 aliphatic heterocycles. The Morgan fingerprint density at radius 1 is 1.56 bits per heavy atom. The number of nitrogens with one attached hydrogen (secondary N) is 1. The molecule has 0 saturated carbocycles. The second-order valence-electron chi connectivity index (χ2n) is 4.47. The molecule has 0 amide bonds. The van der Waals surface area contributed by atoms with Crippen LogP contribution in [0.1, 0.15) is 26.0 Å². The second kappa shape index (κ2) is 4.18. The smallest absolute Gasteiger partial charge is 0.224 e. The molecule has 0 aromatic carbocycles. The fourth-order valence-corrected chi connectivity index (χ4v) is 2.11. The van der Waals surface area contributed by atoms with Crippen LogP contribution in [-0.2, 0) is 4.74 Å². The minimum Gasteiger partial charge on any atom is -0.376 e. The summed E-state index contributed by atoms with van der Waals surface area (Å²) in [6.07, 6.45) is 1.14. The second-order valence-corrected chi connectivity index (χ2v) is 4.81. The Balaban J connectivity index is 2.20. The van der Waals surface area contributed by atoms with Crippen molar-refractivity contribution in [1.82, 2.24) is 9.97 Å². The first kappa shape index (κ1) is 11.6. The van der Waals surface area contributed by atoms with Crippen molar-refractivity contribution in [3.05, 3.63) is 17.0 Å². The lowest BCUT2D eigenvalue weighted by atomic mass is 9.95. The van der Waals surface area contributed by atoms with Crippen molar-refractivity contribution in [2.75, 3.05) is 11.9 Å². The van der Waals surface area contributed by atoms with E-state index in [4.69, 9.17) is 16.3 Å². The van der Waals surface area contributed by atoms with Crippen LogP contribution in [0.5, 0.6) is 0 Å². The number of anilines is 1. The van der Waals surface area contributed by atoms with Crippen molar-refractivity contribution >= 4 is 17.4 Å². The van der Waals surface area contributed by atoms with Gasteiger partial charge in [-0.05, 0) is 38.8 Å². The highest BCUT2D eigenvalue weighted by Gasteiger charge is 2.37. The van der Waals surface area contributed by atoms with Crippen LogP contribution in [0.4, 0.5) is 5.82 Å². The van der Waals surface area contributed by atoms with E-state index in [2.05, 4.69) is 29.1 Å². The van der Waals surface area contributed by atoms with E-state index in [1.54, 1.807) is 0 Å². The summed E-state index contributed by atoms with van der Waals surface area (Å²) in [4.78, 5) is 8.20. The van der Waals surface area contributed by atoms with Gasteiger partial charge in [-0.1, -0.05) is 0 Å². The van der Waals surface area contributed by atoms with Gasteiger partial charge in [0, 0.05) is 18.4 Å². The van der Waals surface area contributed by atoms with Gasteiger partial charge in [0.15, 0.2) is 0 Å². The first-order valence-electron chi connectivity index (χ1n) is 5.40. The number of nitrogens with zero attached hydrogens (tertiary/aromatic N) is 2. The van der Waals surface area contributed by atoms with Crippen LogP contribution in [0.15, 0.2) is 6.07 Å². The monoisotopic (exact) mass is 241 g/mol. The average Bonchev–Trinajstić information content (AvgIpc) is 2.44. The Hall–Kier alpha value is -0.870. The summed E-state index contributed by atoms with van der Waals surface area (Å²) in [6, 6.07) is 1.89. The number of rotatable bonds is 2. The zero-order valence-electron chi connectivity index (χ0n) is 9.75. The largest absolute Gasteiger partial charge is 0.376 e. The lowest BCUT2D eigenvalue weighted by molar-refractivity contribution is 0.105. The third-order valence-corrected chi connectivity index (χ3v) is 3.30. The molecule has 4 nitrogen and oxygen atoms in total. The van der Waals surface area contributed by atoms with Crippen LogP contribution in [0, 0.1) is 6.92 Å². The number of aryl methyl sites for hydroxylation is 1. The summed E-state index contributed by atoms with van der Waals surface area (Å²) in [5.74, 6) is 0.761. The molecule has 1 N–H and O–H groups in total. The number of ether oxygens (including phenoxy) is 1. The maximum Gasteiger partial charge on any atom is 0.224 e. The molecule has 1 aromatic rings. The Kier molecular flexibility index (Phi) is 3.04. The molecular formula is C11H16ClN3O. The average molecular weight is 242 g/mol. The van der Waals surface area contributed by atoms with E-state index in [0.717, 1.165) is 24.5 Å². The van der Waals surface area contributed by atoms with Crippen molar-refractivity contribution in [3.8, 4) is 0 Å². The molecule has 0 spiro atoms. The van der Waals surface area contributed by atoms with Crippen molar-refractivity contribution in [1.29, 1.82) is 0 Å². The zero-order valence-corrected chi connectivity index (χ0v) is 10.5. The highest BCUT2D eigenvalue weighted by molar-refractivity contribution is 6.28. The SMILES string of the molecule is Cc1cc(NC2(C)CCOC2C)nc(Cl)n1. The van der Waals surface area contributed by atoms with Crippen molar-refractivity contribution in [2.45, 2.75) is 38.8 Å². The third-order valence-electron chi connectivity index (χ3n) is 3.13. The van der Waals surface area contributed by atoms with E-state index in [0.29, 0.717) is 0 Å². The Labute approximate surface area is 100 Å². The molecule has 1 saturated heterocycles. The predicted octanol–water partition coefficient (Wildman–Crippen LogP) is 2.42. The summed E-state index contributed by atoms with van der Waals surface area (Å²) in [5, 5.41) is 3.66. The molecule has 1 aromatic heterocycles. The standard InChI is InChI=1S/C11H16ClN3O/c1-7-6-9(14-10(12)13-7)15-11(3)4-5-16-8(11)2/h6,8H,4-5H2,1-3H3,(H,13,14,15). The molecule has 2 unspecified atom stereocenters. The quantitative estimate of drug-likeness (QED) is 0.808. The molecule has 16 heavy (non-hydrogen) atoms. The topological polar surface area (TPSA) is 47.0 Å². The van der Waals surface area contributed by atoms with Gasteiger partial charge in [0.05, 0.1) is 11.6 Å². The van der Waals surface area contributed by atoms with Crippen molar-refractivity contribution in [3.63, 3.8) is 0 Å². The fraction of sp³-hybridized carbons (Fsp3) is 0.636. The highest BCUT2D eigenvalue weighted by Crippen LogP contribution is 2.29. The van der Waals surface area contributed by atoms with Gasteiger partial charge >= 0.3 is 0 Å². The van der Waals surface area contributed by atoms with Gasteiger partial charge in [-0.3, -0.25) is 0 Å². The van der Waals surface area contributed by atoms with Gasteiger partial charge < -0.3 is 10.1 Å². The van der Waals surface area contributed by atoms with E-state index in [-0.39, 0.29) is 16.9 Å². The maximum atomic E-state index is 5.82. The van der Waals surface area contributed by atoms with E-state index in [1.165, 1.54) is 0 Å². The van der Waals surface area contributed by atoms with Crippen LogP contribution >= 0.6 is 11.6 Å². The van der Waals surface area contributed by atoms with E-state index >= 15 is 0 Å². The lowest BCUT2D eigenvalue weighted by Crippen LogP contribution is -2.41. The van der Waals surface area contributed by atoms with Crippen LogP contribution in [-0.4, -0.2) is 28.2 Å². The van der Waals surface area contributed by atoms with E-state index < -0.39 is 0 Å². The molecule has 88 valence electrons. The molecule has 2 rings (SSSR count). The summed E-state index contributed by atoms with van der Waals surface area (Å²) >= 11 is 5.82. The normalized spacial score (nSPS) is 29.4. The lowest BCUT2D eigenvalue weighted by Gasteiger charge is -2.29. The van der Waals surface area contributed by atoms with Gasteiger partial charge in [0.1, 0.15) is 5.82 Å². The molecule has 0 aliphatic carbocycles. The molecule has 1 fully saturated rings. The Morgan fingerprint density at radius 3 is 2.88 bits per heavy atom. The van der Waals surface area contributed by atoms with E-state index in [9.17, 15) is 0 Å². The molecule has 2 heterocycles. The van der Waals surface area contributed by atoms with Crippen LogP contribution < -0.4 is 5.32 Å². The number of aromatic nitrogens is 2. The molecular weight excluding hydrogens is 226 g/mol.